The first-order valence-corrected chi connectivity index (χ1v) is 6.61. The highest BCUT2D eigenvalue weighted by Crippen LogP contribution is 2.10. The maximum atomic E-state index is 11.9. The number of carbonyl (C=O) groups is 1. The van der Waals surface area contributed by atoms with E-state index in [4.69, 9.17) is 5.11 Å². The molecule has 1 atom stereocenters. The normalized spacial score (nSPS) is 12.2. The van der Waals surface area contributed by atoms with Gasteiger partial charge in [0, 0.05) is 24.9 Å². The Bertz CT molecular complexity index is 575. The largest absolute Gasteiger partial charge is 0.396 e. The second-order valence-electron chi connectivity index (χ2n) is 5.01. The van der Waals surface area contributed by atoms with Crippen LogP contribution in [0.4, 0.5) is 0 Å². The van der Waals surface area contributed by atoms with Gasteiger partial charge in [-0.3, -0.25) is 4.79 Å². The summed E-state index contributed by atoms with van der Waals surface area (Å²) in [4.78, 5) is 11.9. The molecule has 0 saturated heterocycles. The lowest BCUT2D eigenvalue weighted by atomic mass is 10.1. The summed E-state index contributed by atoms with van der Waals surface area (Å²) in [6, 6.07) is 7.25. The highest BCUT2D eigenvalue weighted by Gasteiger charge is 2.07. The average Bonchev–Trinajstić information content (AvgIpc) is 2.91. The van der Waals surface area contributed by atoms with Crippen LogP contribution in [0.3, 0.4) is 0 Å². The minimum atomic E-state index is -0.131. The number of benzene rings is 1. The van der Waals surface area contributed by atoms with Gasteiger partial charge in [-0.05, 0) is 42.7 Å². The van der Waals surface area contributed by atoms with Crippen molar-refractivity contribution in [2.24, 2.45) is 5.92 Å². The number of carbonyl (C=O) groups excluding carboxylic acids is 1. The second-order valence-corrected chi connectivity index (χ2v) is 5.01. The highest BCUT2D eigenvalue weighted by molar-refractivity contribution is 5.94. The molecule has 5 heteroatoms. The van der Waals surface area contributed by atoms with Crippen LogP contribution in [0, 0.1) is 12.8 Å². The number of hydrogen-bond donors (Lipinski definition) is 2. The fourth-order valence-electron chi connectivity index (χ4n) is 1.75. The third-order valence-electron chi connectivity index (χ3n) is 3.03. The maximum Gasteiger partial charge on any atom is 0.251 e. The first-order valence-electron chi connectivity index (χ1n) is 6.61. The Balaban J connectivity index is 2.02. The van der Waals surface area contributed by atoms with E-state index in [1.54, 1.807) is 23.0 Å². The summed E-state index contributed by atoms with van der Waals surface area (Å²) < 4.78 is 1.77. The Labute approximate surface area is 118 Å². The van der Waals surface area contributed by atoms with Crippen molar-refractivity contribution in [1.82, 2.24) is 15.1 Å². The quantitative estimate of drug-likeness (QED) is 0.868. The molecule has 0 fully saturated rings. The molecular weight excluding hydrogens is 254 g/mol. The van der Waals surface area contributed by atoms with Crippen LogP contribution < -0.4 is 5.32 Å². The molecule has 2 aromatic rings. The summed E-state index contributed by atoms with van der Waals surface area (Å²) in [6.45, 7) is 4.39. The van der Waals surface area contributed by atoms with Gasteiger partial charge in [0.1, 0.15) is 0 Å². The zero-order chi connectivity index (χ0) is 14.5. The SMILES string of the molecule is Cc1cnn(-c2ccc(C(=O)NCC(C)CO)cc2)c1. The molecule has 2 N–H and O–H groups in total. The van der Waals surface area contributed by atoms with E-state index in [0.717, 1.165) is 11.3 Å². The molecule has 106 valence electrons. The van der Waals surface area contributed by atoms with Crippen molar-refractivity contribution >= 4 is 5.91 Å². The zero-order valence-electron chi connectivity index (χ0n) is 11.7. The summed E-state index contributed by atoms with van der Waals surface area (Å²) in [6.07, 6.45) is 3.72. The van der Waals surface area contributed by atoms with Crippen LogP contribution in [-0.4, -0.2) is 33.9 Å². The zero-order valence-corrected chi connectivity index (χ0v) is 11.7. The molecule has 0 spiro atoms. The van der Waals surface area contributed by atoms with Gasteiger partial charge in [-0.2, -0.15) is 5.10 Å². The summed E-state index contributed by atoms with van der Waals surface area (Å²) in [5, 5.41) is 15.9. The minimum Gasteiger partial charge on any atom is -0.396 e. The van der Waals surface area contributed by atoms with Crippen molar-refractivity contribution in [3.8, 4) is 5.69 Å². The van der Waals surface area contributed by atoms with Crippen molar-refractivity contribution in [2.75, 3.05) is 13.2 Å². The van der Waals surface area contributed by atoms with Crippen LogP contribution in [0.5, 0.6) is 0 Å². The van der Waals surface area contributed by atoms with Gasteiger partial charge in [-0.25, -0.2) is 4.68 Å². The van der Waals surface area contributed by atoms with Crippen molar-refractivity contribution in [1.29, 1.82) is 0 Å². The van der Waals surface area contributed by atoms with Gasteiger partial charge >= 0.3 is 0 Å². The fourth-order valence-corrected chi connectivity index (χ4v) is 1.75. The van der Waals surface area contributed by atoms with Gasteiger partial charge in [0.25, 0.3) is 5.91 Å². The molecule has 0 bridgehead atoms. The van der Waals surface area contributed by atoms with E-state index in [9.17, 15) is 4.79 Å². The van der Waals surface area contributed by atoms with E-state index < -0.39 is 0 Å². The molecule has 0 aliphatic heterocycles. The Morgan fingerprint density at radius 3 is 2.65 bits per heavy atom. The fraction of sp³-hybridized carbons (Fsp3) is 0.333. The lowest BCUT2D eigenvalue weighted by Crippen LogP contribution is -2.29. The standard InChI is InChI=1S/C15H19N3O2/c1-11-8-17-18(9-11)14-5-3-13(4-6-14)15(20)16-7-12(2)10-19/h3-6,8-9,12,19H,7,10H2,1-2H3,(H,16,20). The number of amides is 1. The van der Waals surface area contributed by atoms with Gasteiger partial charge in [0.2, 0.25) is 0 Å². The van der Waals surface area contributed by atoms with E-state index in [0.29, 0.717) is 12.1 Å². The molecule has 2 rings (SSSR count). The molecular formula is C15H19N3O2. The topological polar surface area (TPSA) is 67.2 Å². The Morgan fingerprint density at radius 1 is 1.40 bits per heavy atom. The molecule has 1 amide bonds. The van der Waals surface area contributed by atoms with Crippen LogP contribution in [0.1, 0.15) is 22.8 Å². The second kappa shape index (κ2) is 6.34. The van der Waals surface area contributed by atoms with Gasteiger partial charge in [0.15, 0.2) is 0 Å². The third kappa shape index (κ3) is 3.45. The molecule has 0 aliphatic carbocycles. The summed E-state index contributed by atoms with van der Waals surface area (Å²) in [7, 11) is 0. The van der Waals surface area contributed by atoms with E-state index in [2.05, 4.69) is 10.4 Å². The first-order chi connectivity index (χ1) is 9.60. The predicted molar refractivity (Wildman–Crippen MR) is 76.9 cm³/mol. The molecule has 0 aliphatic rings. The lowest BCUT2D eigenvalue weighted by molar-refractivity contribution is 0.0942. The van der Waals surface area contributed by atoms with E-state index in [1.807, 2.05) is 32.2 Å². The Hall–Kier alpha value is -2.14. The number of nitrogens with one attached hydrogen (secondary N) is 1. The number of aliphatic hydroxyl groups excluding tert-OH is 1. The number of aromatic nitrogens is 2. The first kappa shape index (κ1) is 14.3. The van der Waals surface area contributed by atoms with Crippen LogP contribution in [0.2, 0.25) is 0 Å². The van der Waals surface area contributed by atoms with Crippen molar-refractivity contribution in [3.63, 3.8) is 0 Å². The summed E-state index contributed by atoms with van der Waals surface area (Å²) in [5.41, 5.74) is 2.60. The highest BCUT2D eigenvalue weighted by atomic mass is 16.3. The number of rotatable bonds is 5. The molecule has 0 radical (unpaired) electrons. The number of hydrogen-bond acceptors (Lipinski definition) is 3. The van der Waals surface area contributed by atoms with Crippen LogP contribution in [0.15, 0.2) is 36.7 Å². The minimum absolute atomic E-state index is 0.0604. The molecule has 1 aromatic carbocycles. The number of nitrogens with zero attached hydrogens (tertiary/aromatic N) is 2. The van der Waals surface area contributed by atoms with Gasteiger partial charge in [0.05, 0.1) is 11.9 Å². The maximum absolute atomic E-state index is 11.9. The van der Waals surface area contributed by atoms with Crippen molar-refractivity contribution in [3.05, 3.63) is 47.8 Å². The Kier molecular flexibility index (Phi) is 4.53. The molecule has 20 heavy (non-hydrogen) atoms. The number of aliphatic hydroxyl groups is 1. The van der Waals surface area contributed by atoms with E-state index in [-0.39, 0.29) is 18.4 Å². The monoisotopic (exact) mass is 273 g/mol. The van der Waals surface area contributed by atoms with Crippen LogP contribution in [0.25, 0.3) is 5.69 Å². The molecule has 0 saturated carbocycles. The average molecular weight is 273 g/mol. The lowest BCUT2D eigenvalue weighted by Gasteiger charge is -2.10. The summed E-state index contributed by atoms with van der Waals surface area (Å²) >= 11 is 0. The predicted octanol–water partition coefficient (Wildman–Crippen LogP) is 1.54. The van der Waals surface area contributed by atoms with Crippen molar-refractivity contribution in [2.45, 2.75) is 13.8 Å². The third-order valence-corrected chi connectivity index (χ3v) is 3.03. The molecule has 1 aromatic heterocycles. The Morgan fingerprint density at radius 2 is 2.10 bits per heavy atom. The molecule has 5 nitrogen and oxygen atoms in total. The van der Waals surface area contributed by atoms with Crippen molar-refractivity contribution < 1.29 is 9.90 Å². The van der Waals surface area contributed by atoms with Gasteiger partial charge in [-0.15, -0.1) is 0 Å². The van der Waals surface area contributed by atoms with E-state index in [1.165, 1.54) is 0 Å². The van der Waals surface area contributed by atoms with Crippen LogP contribution >= 0.6 is 0 Å². The number of aryl methyl sites for hydroxylation is 1. The van der Waals surface area contributed by atoms with Crippen LogP contribution in [-0.2, 0) is 0 Å². The summed E-state index contributed by atoms with van der Waals surface area (Å²) in [5.74, 6) is -0.0706. The molecule has 1 unspecified atom stereocenters. The van der Waals surface area contributed by atoms with E-state index >= 15 is 0 Å². The smallest absolute Gasteiger partial charge is 0.251 e. The molecule has 1 heterocycles. The van der Waals surface area contributed by atoms with Gasteiger partial charge < -0.3 is 10.4 Å². The van der Waals surface area contributed by atoms with Gasteiger partial charge in [-0.1, -0.05) is 6.92 Å².